The molecule has 0 spiro atoms. The SMILES string of the molecule is NCCCN1CCN(C2CCCCCCC2)CC1. The smallest absolute Gasteiger partial charge is 0.0113 e. The molecule has 3 heteroatoms. The van der Waals surface area contributed by atoms with E-state index in [4.69, 9.17) is 5.73 Å². The molecule has 0 radical (unpaired) electrons. The normalized spacial score (nSPS) is 25.8. The quantitative estimate of drug-likeness (QED) is 0.832. The van der Waals surface area contributed by atoms with Crippen LogP contribution in [0.3, 0.4) is 0 Å². The van der Waals surface area contributed by atoms with Crippen LogP contribution in [0.2, 0.25) is 0 Å². The van der Waals surface area contributed by atoms with E-state index in [1.807, 2.05) is 0 Å². The van der Waals surface area contributed by atoms with E-state index >= 15 is 0 Å². The Labute approximate surface area is 113 Å². The van der Waals surface area contributed by atoms with Crippen LogP contribution < -0.4 is 5.73 Å². The minimum absolute atomic E-state index is 0.836. The molecule has 2 rings (SSSR count). The van der Waals surface area contributed by atoms with Gasteiger partial charge in [-0.25, -0.2) is 0 Å². The van der Waals surface area contributed by atoms with E-state index in [0.29, 0.717) is 0 Å². The van der Waals surface area contributed by atoms with Gasteiger partial charge in [0.15, 0.2) is 0 Å². The predicted octanol–water partition coefficient (Wildman–Crippen LogP) is 2.07. The van der Waals surface area contributed by atoms with Crippen molar-refractivity contribution in [1.29, 1.82) is 0 Å². The minimum atomic E-state index is 0.836. The summed E-state index contributed by atoms with van der Waals surface area (Å²) < 4.78 is 0. The molecule has 1 saturated carbocycles. The molecule has 1 saturated heterocycles. The van der Waals surface area contributed by atoms with Gasteiger partial charge in [-0.3, -0.25) is 4.90 Å². The summed E-state index contributed by atoms with van der Waals surface area (Å²) in [4.78, 5) is 5.36. The molecular formula is C15H31N3. The average Bonchev–Trinajstić information content (AvgIpc) is 2.37. The van der Waals surface area contributed by atoms with Gasteiger partial charge in [0.2, 0.25) is 0 Å². The first-order valence-corrected chi connectivity index (χ1v) is 8.06. The maximum atomic E-state index is 5.58. The van der Waals surface area contributed by atoms with E-state index in [1.54, 1.807) is 0 Å². The summed E-state index contributed by atoms with van der Waals surface area (Å²) in [7, 11) is 0. The second-order valence-corrected chi connectivity index (χ2v) is 6.02. The lowest BCUT2D eigenvalue weighted by molar-refractivity contribution is 0.0835. The van der Waals surface area contributed by atoms with Crippen molar-refractivity contribution in [1.82, 2.24) is 9.80 Å². The minimum Gasteiger partial charge on any atom is -0.330 e. The number of piperazine rings is 1. The third-order valence-electron chi connectivity index (χ3n) is 4.68. The van der Waals surface area contributed by atoms with Crippen LogP contribution in [0, 0.1) is 0 Å². The van der Waals surface area contributed by atoms with Crippen LogP contribution in [0.25, 0.3) is 0 Å². The molecule has 2 N–H and O–H groups in total. The van der Waals surface area contributed by atoms with Crippen molar-refractivity contribution >= 4 is 0 Å². The van der Waals surface area contributed by atoms with E-state index in [9.17, 15) is 0 Å². The molecule has 0 aromatic heterocycles. The van der Waals surface area contributed by atoms with Gasteiger partial charge in [0.05, 0.1) is 0 Å². The van der Waals surface area contributed by atoms with Crippen LogP contribution in [-0.4, -0.2) is 55.1 Å². The Morgan fingerprint density at radius 3 is 2.06 bits per heavy atom. The van der Waals surface area contributed by atoms with E-state index in [0.717, 1.165) is 19.0 Å². The van der Waals surface area contributed by atoms with Gasteiger partial charge in [0, 0.05) is 32.2 Å². The molecule has 2 fully saturated rings. The lowest BCUT2D eigenvalue weighted by Gasteiger charge is -2.40. The van der Waals surface area contributed by atoms with Gasteiger partial charge >= 0.3 is 0 Å². The highest BCUT2D eigenvalue weighted by Crippen LogP contribution is 2.22. The monoisotopic (exact) mass is 253 g/mol. The summed E-state index contributed by atoms with van der Waals surface area (Å²) in [5.41, 5.74) is 5.58. The van der Waals surface area contributed by atoms with Crippen LogP contribution in [0.15, 0.2) is 0 Å². The first-order valence-electron chi connectivity index (χ1n) is 8.06. The summed E-state index contributed by atoms with van der Waals surface area (Å²) >= 11 is 0. The molecule has 1 aliphatic carbocycles. The van der Waals surface area contributed by atoms with Crippen LogP contribution in [-0.2, 0) is 0 Å². The lowest BCUT2D eigenvalue weighted by Crippen LogP contribution is -2.50. The predicted molar refractivity (Wildman–Crippen MR) is 77.8 cm³/mol. The molecule has 0 bridgehead atoms. The Kier molecular flexibility index (Phi) is 6.46. The number of nitrogens with two attached hydrogens (primary N) is 1. The summed E-state index contributed by atoms with van der Waals surface area (Å²) in [6.07, 6.45) is 11.4. The van der Waals surface area contributed by atoms with Crippen molar-refractivity contribution in [2.24, 2.45) is 5.73 Å². The molecule has 1 heterocycles. The van der Waals surface area contributed by atoms with Gasteiger partial charge in [-0.15, -0.1) is 0 Å². The van der Waals surface area contributed by atoms with Crippen molar-refractivity contribution in [2.45, 2.75) is 57.4 Å². The molecule has 0 aromatic rings. The van der Waals surface area contributed by atoms with E-state index in [2.05, 4.69) is 9.80 Å². The summed E-state index contributed by atoms with van der Waals surface area (Å²) in [5, 5.41) is 0. The highest BCUT2D eigenvalue weighted by molar-refractivity contribution is 4.79. The summed E-state index contributed by atoms with van der Waals surface area (Å²) in [5.74, 6) is 0. The molecule has 0 amide bonds. The van der Waals surface area contributed by atoms with Crippen LogP contribution in [0.1, 0.15) is 51.4 Å². The maximum absolute atomic E-state index is 5.58. The van der Waals surface area contributed by atoms with E-state index in [-0.39, 0.29) is 0 Å². The van der Waals surface area contributed by atoms with Gasteiger partial charge in [0.1, 0.15) is 0 Å². The highest BCUT2D eigenvalue weighted by Gasteiger charge is 2.23. The Morgan fingerprint density at radius 1 is 0.833 bits per heavy atom. The fourth-order valence-electron chi connectivity index (χ4n) is 3.47. The van der Waals surface area contributed by atoms with Crippen molar-refractivity contribution in [2.75, 3.05) is 39.3 Å². The Hall–Kier alpha value is -0.120. The molecule has 3 nitrogen and oxygen atoms in total. The largest absolute Gasteiger partial charge is 0.330 e. The highest BCUT2D eigenvalue weighted by atomic mass is 15.3. The van der Waals surface area contributed by atoms with Gasteiger partial charge in [0.25, 0.3) is 0 Å². The zero-order valence-electron chi connectivity index (χ0n) is 11.9. The number of nitrogens with zero attached hydrogens (tertiary/aromatic N) is 2. The summed E-state index contributed by atoms with van der Waals surface area (Å²) in [6, 6.07) is 0.891. The molecule has 0 unspecified atom stereocenters. The Balaban J connectivity index is 1.70. The number of hydrogen-bond acceptors (Lipinski definition) is 3. The van der Waals surface area contributed by atoms with Crippen molar-refractivity contribution < 1.29 is 0 Å². The average molecular weight is 253 g/mol. The van der Waals surface area contributed by atoms with Crippen molar-refractivity contribution in [3.05, 3.63) is 0 Å². The molecule has 18 heavy (non-hydrogen) atoms. The molecule has 106 valence electrons. The molecule has 1 aliphatic heterocycles. The van der Waals surface area contributed by atoms with Crippen LogP contribution in [0.4, 0.5) is 0 Å². The number of hydrogen-bond donors (Lipinski definition) is 1. The zero-order chi connectivity index (χ0) is 12.6. The van der Waals surface area contributed by atoms with E-state index < -0.39 is 0 Å². The van der Waals surface area contributed by atoms with Gasteiger partial charge in [-0.2, -0.15) is 0 Å². The standard InChI is InChI=1S/C15H31N3/c16-9-6-10-17-11-13-18(14-12-17)15-7-4-2-1-3-5-8-15/h15H,1-14,16H2. The first-order chi connectivity index (χ1) is 8.90. The lowest BCUT2D eigenvalue weighted by atomic mass is 9.95. The topological polar surface area (TPSA) is 32.5 Å². The molecule has 2 aliphatic rings. The number of rotatable bonds is 4. The Bertz CT molecular complexity index is 204. The van der Waals surface area contributed by atoms with Crippen molar-refractivity contribution in [3.8, 4) is 0 Å². The Morgan fingerprint density at radius 2 is 1.44 bits per heavy atom. The molecule has 0 atom stereocenters. The van der Waals surface area contributed by atoms with Crippen LogP contribution in [0.5, 0.6) is 0 Å². The first kappa shape index (κ1) is 14.3. The van der Waals surface area contributed by atoms with Gasteiger partial charge < -0.3 is 10.6 Å². The molecular weight excluding hydrogens is 222 g/mol. The van der Waals surface area contributed by atoms with Crippen LogP contribution >= 0.6 is 0 Å². The third-order valence-corrected chi connectivity index (χ3v) is 4.68. The maximum Gasteiger partial charge on any atom is 0.0113 e. The molecule has 0 aromatic carbocycles. The fourth-order valence-corrected chi connectivity index (χ4v) is 3.47. The second kappa shape index (κ2) is 8.13. The second-order valence-electron chi connectivity index (χ2n) is 6.02. The summed E-state index contributed by atoms with van der Waals surface area (Å²) in [6.45, 7) is 7.13. The van der Waals surface area contributed by atoms with Gasteiger partial charge in [-0.1, -0.05) is 32.1 Å². The fraction of sp³-hybridized carbons (Fsp3) is 1.00. The van der Waals surface area contributed by atoms with Gasteiger partial charge in [-0.05, 0) is 32.4 Å². The van der Waals surface area contributed by atoms with Crippen molar-refractivity contribution in [3.63, 3.8) is 0 Å². The zero-order valence-corrected chi connectivity index (χ0v) is 11.9. The third kappa shape index (κ3) is 4.52. The van der Waals surface area contributed by atoms with E-state index in [1.165, 1.54) is 77.7 Å².